The molecule has 0 aliphatic rings. The molecule has 0 aliphatic heterocycles. The number of carbonyl (C=O) groups excluding carboxylic acids is 1. The number of nitrogens with zero attached hydrogens (tertiary/aromatic N) is 2. The van der Waals surface area contributed by atoms with Crippen LogP contribution in [0, 0.1) is 0 Å². The van der Waals surface area contributed by atoms with Crippen LogP contribution >= 0.6 is 0 Å². The second-order valence-corrected chi connectivity index (χ2v) is 5.69. The minimum atomic E-state index is -0.497. The van der Waals surface area contributed by atoms with E-state index in [0.717, 1.165) is 12.1 Å². The van der Waals surface area contributed by atoms with Gasteiger partial charge in [-0.05, 0) is 32.9 Å². The molecule has 1 aromatic heterocycles. The first-order chi connectivity index (χ1) is 10.4. The van der Waals surface area contributed by atoms with E-state index in [1.165, 1.54) is 0 Å². The SMILES string of the molecule is CC(C)(C)OC(=O)NCCNC(N)=NCCc1ccccn1. The van der Waals surface area contributed by atoms with Crippen LogP contribution in [-0.4, -0.2) is 42.3 Å². The van der Waals surface area contributed by atoms with E-state index < -0.39 is 11.7 Å². The predicted molar refractivity (Wildman–Crippen MR) is 86.7 cm³/mol. The zero-order chi connectivity index (χ0) is 16.4. The van der Waals surface area contributed by atoms with Crippen LogP contribution < -0.4 is 16.4 Å². The molecular weight excluding hydrogens is 282 g/mol. The number of nitrogens with two attached hydrogens (primary N) is 1. The Kier molecular flexibility index (Phi) is 7.15. The Labute approximate surface area is 131 Å². The minimum Gasteiger partial charge on any atom is -0.444 e. The van der Waals surface area contributed by atoms with Gasteiger partial charge in [0.15, 0.2) is 5.96 Å². The number of hydrogen-bond acceptors (Lipinski definition) is 4. The standard InChI is InChI=1S/C15H25N5O2/c1-15(2,3)22-14(21)20-11-10-19-13(16)18-9-7-12-6-4-5-8-17-12/h4-6,8H,7,9-11H2,1-3H3,(H,20,21)(H3,16,18,19). The van der Waals surface area contributed by atoms with Crippen LogP contribution in [-0.2, 0) is 11.2 Å². The largest absolute Gasteiger partial charge is 0.444 e. The monoisotopic (exact) mass is 307 g/mol. The number of nitrogens with one attached hydrogen (secondary N) is 2. The van der Waals surface area contributed by atoms with Gasteiger partial charge in [0.1, 0.15) is 5.60 Å². The second-order valence-electron chi connectivity index (χ2n) is 5.69. The van der Waals surface area contributed by atoms with Gasteiger partial charge in [-0.1, -0.05) is 6.07 Å². The van der Waals surface area contributed by atoms with E-state index in [1.807, 2.05) is 39.0 Å². The maximum Gasteiger partial charge on any atom is 0.407 e. The molecular formula is C15H25N5O2. The van der Waals surface area contributed by atoms with Crippen molar-refractivity contribution in [2.75, 3.05) is 19.6 Å². The Morgan fingerprint density at radius 1 is 1.32 bits per heavy atom. The zero-order valence-electron chi connectivity index (χ0n) is 13.4. The van der Waals surface area contributed by atoms with Gasteiger partial charge >= 0.3 is 6.09 Å². The molecule has 122 valence electrons. The van der Waals surface area contributed by atoms with Gasteiger partial charge in [-0.2, -0.15) is 0 Å². The highest BCUT2D eigenvalue weighted by Gasteiger charge is 2.15. The van der Waals surface area contributed by atoms with E-state index in [0.29, 0.717) is 25.6 Å². The molecule has 0 aliphatic carbocycles. The summed E-state index contributed by atoms with van der Waals surface area (Å²) in [5.41, 5.74) is 6.21. The highest BCUT2D eigenvalue weighted by atomic mass is 16.6. The van der Waals surface area contributed by atoms with Crippen molar-refractivity contribution in [2.45, 2.75) is 32.8 Å². The molecule has 0 fully saturated rings. The fourth-order valence-corrected chi connectivity index (χ4v) is 1.56. The quantitative estimate of drug-likeness (QED) is 0.414. The van der Waals surface area contributed by atoms with Gasteiger partial charge in [-0.25, -0.2) is 4.79 Å². The maximum absolute atomic E-state index is 11.4. The molecule has 0 saturated heterocycles. The lowest BCUT2D eigenvalue weighted by atomic mass is 10.2. The maximum atomic E-state index is 11.4. The summed E-state index contributed by atoms with van der Waals surface area (Å²) in [4.78, 5) is 19.8. The molecule has 4 N–H and O–H groups in total. The van der Waals surface area contributed by atoms with Crippen LogP contribution in [0.15, 0.2) is 29.4 Å². The molecule has 1 rings (SSSR count). The molecule has 0 spiro atoms. The second kappa shape index (κ2) is 8.86. The molecule has 0 radical (unpaired) electrons. The molecule has 0 atom stereocenters. The molecule has 1 amide bonds. The van der Waals surface area contributed by atoms with E-state index >= 15 is 0 Å². The molecule has 7 nitrogen and oxygen atoms in total. The van der Waals surface area contributed by atoms with Gasteiger partial charge in [0, 0.05) is 37.9 Å². The number of aromatic nitrogens is 1. The lowest BCUT2D eigenvalue weighted by molar-refractivity contribution is 0.0529. The average Bonchev–Trinajstić information content (AvgIpc) is 2.43. The molecule has 1 aromatic rings. The van der Waals surface area contributed by atoms with Crippen molar-refractivity contribution >= 4 is 12.1 Å². The first kappa shape index (κ1) is 17.7. The summed E-state index contributed by atoms with van der Waals surface area (Å²) in [6, 6.07) is 5.76. The van der Waals surface area contributed by atoms with Crippen LogP contribution in [0.5, 0.6) is 0 Å². The topological polar surface area (TPSA) is 102 Å². The van der Waals surface area contributed by atoms with E-state index in [2.05, 4.69) is 20.6 Å². The Balaban J connectivity index is 2.13. The smallest absolute Gasteiger partial charge is 0.407 e. The van der Waals surface area contributed by atoms with Crippen molar-refractivity contribution in [1.82, 2.24) is 15.6 Å². The Morgan fingerprint density at radius 3 is 2.68 bits per heavy atom. The molecule has 0 saturated carbocycles. The van der Waals surface area contributed by atoms with Crippen molar-refractivity contribution < 1.29 is 9.53 Å². The van der Waals surface area contributed by atoms with Crippen molar-refractivity contribution in [3.05, 3.63) is 30.1 Å². The first-order valence-corrected chi connectivity index (χ1v) is 7.27. The third-order valence-electron chi connectivity index (χ3n) is 2.48. The number of rotatable bonds is 6. The summed E-state index contributed by atoms with van der Waals surface area (Å²) in [6.07, 6.45) is 2.04. The van der Waals surface area contributed by atoms with Crippen LogP contribution in [0.2, 0.25) is 0 Å². The number of aliphatic imine (C=N–C) groups is 1. The van der Waals surface area contributed by atoms with Crippen molar-refractivity contribution in [1.29, 1.82) is 0 Å². The summed E-state index contributed by atoms with van der Waals surface area (Å²) >= 11 is 0. The molecule has 0 aromatic carbocycles. The zero-order valence-corrected chi connectivity index (χ0v) is 13.4. The molecule has 0 unspecified atom stereocenters. The highest BCUT2D eigenvalue weighted by Crippen LogP contribution is 2.05. The van der Waals surface area contributed by atoms with Crippen LogP contribution in [0.3, 0.4) is 0 Å². The number of ether oxygens (including phenoxy) is 1. The number of guanidine groups is 1. The lowest BCUT2D eigenvalue weighted by Crippen LogP contribution is -2.40. The van der Waals surface area contributed by atoms with Crippen molar-refractivity contribution in [3.63, 3.8) is 0 Å². The number of carbonyl (C=O) groups is 1. The van der Waals surface area contributed by atoms with E-state index in [4.69, 9.17) is 10.5 Å². The Bertz CT molecular complexity index is 482. The fourth-order valence-electron chi connectivity index (χ4n) is 1.56. The molecule has 0 bridgehead atoms. The minimum absolute atomic E-state index is 0.349. The average molecular weight is 307 g/mol. The van der Waals surface area contributed by atoms with Gasteiger partial charge in [0.05, 0.1) is 0 Å². The van der Waals surface area contributed by atoms with Gasteiger partial charge in [-0.3, -0.25) is 9.98 Å². The number of amides is 1. The number of pyridine rings is 1. The summed E-state index contributed by atoms with van der Waals surface area (Å²) in [7, 11) is 0. The van der Waals surface area contributed by atoms with Gasteiger partial charge < -0.3 is 21.1 Å². The summed E-state index contributed by atoms with van der Waals surface area (Å²) in [6.45, 7) is 6.91. The van der Waals surface area contributed by atoms with Crippen LogP contribution in [0.4, 0.5) is 4.79 Å². The summed E-state index contributed by atoms with van der Waals surface area (Å²) < 4.78 is 5.11. The lowest BCUT2D eigenvalue weighted by Gasteiger charge is -2.19. The third kappa shape index (κ3) is 8.78. The Morgan fingerprint density at radius 2 is 2.05 bits per heavy atom. The highest BCUT2D eigenvalue weighted by molar-refractivity contribution is 5.77. The summed E-state index contributed by atoms with van der Waals surface area (Å²) in [5.74, 6) is 0.349. The number of hydrogen-bond donors (Lipinski definition) is 3. The van der Waals surface area contributed by atoms with Gasteiger partial charge in [-0.15, -0.1) is 0 Å². The summed E-state index contributed by atoms with van der Waals surface area (Å²) in [5, 5.41) is 5.56. The van der Waals surface area contributed by atoms with Crippen LogP contribution in [0.1, 0.15) is 26.5 Å². The van der Waals surface area contributed by atoms with Crippen molar-refractivity contribution in [2.24, 2.45) is 10.7 Å². The van der Waals surface area contributed by atoms with E-state index in [9.17, 15) is 4.79 Å². The van der Waals surface area contributed by atoms with Gasteiger partial charge in [0.25, 0.3) is 0 Å². The Hall–Kier alpha value is -2.31. The van der Waals surface area contributed by atoms with E-state index in [1.54, 1.807) is 6.20 Å². The van der Waals surface area contributed by atoms with Crippen molar-refractivity contribution in [3.8, 4) is 0 Å². The van der Waals surface area contributed by atoms with E-state index in [-0.39, 0.29) is 0 Å². The third-order valence-corrected chi connectivity index (χ3v) is 2.48. The molecule has 1 heterocycles. The molecule has 7 heteroatoms. The fraction of sp³-hybridized carbons (Fsp3) is 0.533. The number of alkyl carbamates (subject to hydrolysis) is 1. The first-order valence-electron chi connectivity index (χ1n) is 7.27. The van der Waals surface area contributed by atoms with Crippen LogP contribution in [0.25, 0.3) is 0 Å². The predicted octanol–water partition coefficient (Wildman–Crippen LogP) is 1.05. The van der Waals surface area contributed by atoms with Gasteiger partial charge in [0.2, 0.25) is 0 Å². The normalized spacial score (nSPS) is 11.9. The molecule has 22 heavy (non-hydrogen) atoms.